The van der Waals surface area contributed by atoms with Gasteiger partial charge < -0.3 is 10.1 Å². The van der Waals surface area contributed by atoms with Crippen molar-refractivity contribution in [2.45, 2.75) is 103 Å². The third-order valence-corrected chi connectivity index (χ3v) is 5.10. The number of amides is 1. The Bertz CT molecular complexity index is 444. The van der Waals surface area contributed by atoms with Gasteiger partial charge in [0, 0.05) is 5.69 Å². The van der Waals surface area contributed by atoms with Crippen LogP contribution >= 0.6 is 0 Å². The van der Waals surface area contributed by atoms with Crippen molar-refractivity contribution in [2.24, 2.45) is 0 Å². The van der Waals surface area contributed by atoms with Crippen LogP contribution in [0.25, 0.3) is 0 Å². The Morgan fingerprint density at radius 3 is 1.59 bits per heavy atom. The lowest BCUT2D eigenvalue weighted by atomic mass is 10.0. The van der Waals surface area contributed by atoms with Gasteiger partial charge in [0.25, 0.3) is 0 Å². The molecule has 3 heteroatoms. The molecule has 1 amide bonds. The van der Waals surface area contributed by atoms with E-state index in [9.17, 15) is 4.79 Å². The molecule has 0 saturated carbocycles. The van der Waals surface area contributed by atoms with Crippen molar-refractivity contribution in [1.29, 1.82) is 0 Å². The van der Waals surface area contributed by atoms with Gasteiger partial charge >= 0.3 is 0 Å². The van der Waals surface area contributed by atoms with Crippen LogP contribution in [-0.2, 0) is 4.79 Å². The number of anilines is 1. The van der Waals surface area contributed by atoms with Crippen LogP contribution in [0.1, 0.15) is 103 Å². The van der Waals surface area contributed by atoms with Gasteiger partial charge in [0.15, 0.2) is 0 Å². The van der Waals surface area contributed by atoms with Crippen LogP contribution < -0.4 is 10.1 Å². The highest BCUT2D eigenvalue weighted by Gasteiger charge is 1.97. The lowest BCUT2D eigenvalue weighted by molar-refractivity contribution is -0.105. The van der Waals surface area contributed by atoms with Crippen LogP contribution in [0.4, 0.5) is 5.69 Å². The summed E-state index contributed by atoms with van der Waals surface area (Å²) in [7, 11) is 0. The summed E-state index contributed by atoms with van der Waals surface area (Å²) in [4.78, 5) is 10.4. The van der Waals surface area contributed by atoms with Gasteiger partial charge in [-0.25, -0.2) is 0 Å². The van der Waals surface area contributed by atoms with E-state index in [0.29, 0.717) is 6.41 Å². The standard InChI is InChI=1S/C24H41NO2/c1-2-3-4-5-6-7-8-9-10-11-12-13-14-15-16-21-27-24-19-17-23(18-20-24)25-22-26/h17-20,22H,2-16,21H2,1H3,(H,25,26). The predicted molar refractivity (Wildman–Crippen MR) is 117 cm³/mol. The Hall–Kier alpha value is -1.51. The molecular formula is C24H41NO2. The molecule has 0 saturated heterocycles. The van der Waals surface area contributed by atoms with Gasteiger partial charge in [-0.15, -0.1) is 0 Å². The zero-order chi connectivity index (χ0) is 19.4. The third-order valence-electron chi connectivity index (χ3n) is 5.10. The summed E-state index contributed by atoms with van der Waals surface area (Å²) in [5.41, 5.74) is 0.796. The van der Waals surface area contributed by atoms with Crippen molar-refractivity contribution in [3.63, 3.8) is 0 Å². The van der Waals surface area contributed by atoms with Crippen molar-refractivity contribution in [2.75, 3.05) is 11.9 Å². The molecule has 0 aliphatic carbocycles. The van der Waals surface area contributed by atoms with Crippen LogP contribution in [0.5, 0.6) is 5.75 Å². The summed E-state index contributed by atoms with van der Waals surface area (Å²) in [6.07, 6.45) is 21.4. The number of nitrogens with one attached hydrogen (secondary N) is 1. The number of hydrogen-bond donors (Lipinski definition) is 1. The highest BCUT2D eigenvalue weighted by atomic mass is 16.5. The van der Waals surface area contributed by atoms with Crippen LogP contribution in [0.3, 0.4) is 0 Å². The molecule has 0 spiro atoms. The minimum Gasteiger partial charge on any atom is -0.494 e. The molecule has 154 valence electrons. The van der Waals surface area contributed by atoms with Gasteiger partial charge in [-0.3, -0.25) is 4.79 Å². The fourth-order valence-corrected chi connectivity index (χ4v) is 3.38. The molecule has 0 atom stereocenters. The first-order valence-corrected chi connectivity index (χ1v) is 11.3. The minimum absolute atomic E-state index is 0.686. The van der Waals surface area contributed by atoms with Crippen molar-refractivity contribution >= 4 is 12.1 Å². The Morgan fingerprint density at radius 1 is 0.704 bits per heavy atom. The molecule has 0 aliphatic heterocycles. The van der Waals surface area contributed by atoms with E-state index in [1.807, 2.05) is 24.3 Å². The minimum atomic E-state index is 0.686. The van der Waals surface area contributed by atoms with Crippen molar-refractivity contribution in [3.05, 3.63) is 24.3 Å². The molecule has 0 aliphatic rings. The first kappa shape index (κ1) is 23.5. The summed E-state index contributed by atoms with van der Waals surface area (Å²) < 4.78 is 5.74. The maximum atomic E-state index is 10.4. The molecule has 1 aromatic carbocycles. The summed E-state index contributed by atoms with van der Waals surface area (Å²) >= 11 is 0. The van der Waals surface area contributed by atoms with E-state index in [0.717, 1.165) is 24.5 Å². The second-order valence-electron chi connectivity index (χ2n) is 7.58. The fraction of sp³-hybridized carbons (Fsp3) is 0.708. The zero-order valence-corrected chi connectivity index (χ0v) is 17.5. The van der Waals surface area contributed by atoms with Gasteiger partial charge in [-0.1, -0.05) is 96.8 Å². The van der Waals surface area contributed by atoms with E-state index in [1.54, 1.807) is 0 Å². The second-order valence-corrected chi connectivity index (χ2v) is 7.58. The van der Waals surface area contributed by atoms with Gasteiger partial charge in [0.2, 0.25) is 6.41 Å². The van der Waals surface area contributed by atoms with Crippen LogP contribution in [-0.4, -0.2) is 13.0 Å². The largest absolute Gasteiger partial charge is 0.494 e. The molecule has 3 nitrogen and oxygen atoms in total. The number of ether oxygens (including phenoxy) is 1. The molecule has 0 radical (unpaired) electrons. The number of unbranched alkanes of at least 4 members (excludes halogenated alkanes) is 14. The Morgan fingerprint density at radius 2 is 1.15 bits per heavy atom. The molecule has 0 unspecified atom stereocenters. The molecule has 1 rings (SSSR count). The predicted octanol–water partition coefficient (Wildman–Crippen LogP) is 7.51. The Kier molecular flexibility index (Phi) is 15.6. The first-order chi connectivity index (χ1) is 13.4. The van der Waals surface area contributed by atoms with Crippen LogP contribution in [0.15, 0.2) is 24.3 Å². The van der Waals surface area contributed by atoms with E-state index in [2.05, 4.69) is 12.2 Å². The van der Waals surface area contributed by atoms with Gasteiger partial charge in [0.1, 0.15) is 5.75 Å². The summed E-state index contributed by atoms with van der Waals surface area (Å²) in [6, 6.07) is 7.51. The summed E-state index contributed by atoms with van der Waals surface area (Å²) in [6.45, 7) is 3.06. The topological polar surface area (TPSA) is 38.3 Å². The highest BCUT2D eigenvalue weighted by Crippen LogP contribution is 2.16. The average molecular weight is 376 g/mol. The lowest BCUT2D eigenvalue weighted by Crippen LogP contribution is -1.98. The average Bonchev–Trinajstić information content (AvgIpc) is 2.69. The van der Waals surface area contributed by atoms with Crippen LogP contribution in [0.2, 0.25) is 0 Å². The molecule has 1 aromatic rings. The van der Waals surface area contributed by atoms with E-state index >= 15 is 0 Å². The monoisotopic (exact) mass is 375 g/mol. The third kappa shape index (κ3) is 14.2. The van der Waals surface area contributed by atoms with E-state index < -0.39 is 0 Å². The number of carbonyl (C=O) groups is 1. The van der Waals surface area contributed by atoms with Gasteiger partial charge in [-0.2, -0.15) is 0 Å². The first-order valence-electron chi connectivity index (χ1n) is 11.3. The molecule has 1 N–H and O–H groups in total. The van der Waals surface area contributed by atoms with E-state index in [-0.39, 0.29) is 0 Å². The summed E-state index contributed by atoms with van der Waals surface area (Å²) in [5, 5.41) is 2.62. The molecule has 0 aromatic heterocycles. The molecule has 0 bridgehead atoms. The lowest BCUT2D eigenvalue weighted by Gasteiger charge is -2.07. The number of rotatable bonds is 19. The van der Waals surface area contributed by atoms with Crippen LogP contribution in [0, 0.1) is 0 Å². The Balaban J connectivity index is 1.79. The maximum Gasteiger partial charge on any atom is 0.211 e. The zero-order valence-electron chi connectivity index (χ0n) is 17.5. The summed E-state index contributed by atoms with van der Waals surface area (Å²) in [5.74, 6) is 0.872. The molecular weight excluding hydrogens is 334 g/mol. The number of carbonyl (C=O) groups excluding carboxylic acids is 1. The Labute approximate surface area is 167 Å². The molecule has 27 heavy (non-hydrogen) atoms. The van der Waals surface area contributed by atoms with Crippen molar-refractivity contribution in [1.82, 2.24) is 0 Å². The smallest absolute Gasteiger partial charge is 0.211 e. The molecule has 0 heterocycles. The second kappa shape index (κ2) is 17.9. The number of hydrogen-bond acceptors (Lipinski definition) is 2. The molecule has 0 fully saturated rings. The van der Waals surface area contributed by atoms with Gasteiger partial charge in [-0.05, 0) is 30.7 Å². The van der Waals surface area contributed by atoms with Gasteiger partial charge in [0.05, 0.1) is 6.61 Å². The van der Waals surface area contributed by atoms with Crippen molar-refractivity contribution < 1.29 is 9.53 Å². The SMILES string of the molecule is CCCCCCCCCCCCCCCCCOc1ccc(NC=O)cc1. The quantitative estimate of drug-likeness (QED) is 0.201. The fourth-order valence-electron chi connectivity index (χ4n) is 3.38. The highest BCUT2D eigenvalue weighted by molar-refractivity contribution is 5.71. The number of benzene rings is 1. The van der Waals surface area contributed by atoms with E-state index in [1.165, 1.54) is 89.9 Å². The van der Waals surface area contributed by atoms with Crippen molar-refractivity contribution in [3.8, 4) is 5.75 Å². The maximum absolute atomic E-state index is 10.4. The van der Waals surface area contributed by atoms with E-state index in [4.69, 9.17) is 4.74 Å². The normalized spacial score (nSPS) is 10.7.